The van der Waals surface area contributed by atoms with Gasteiger partial charge in [0.2, 0.25) is 0 Å². The Morgan fingerprint density at radius 1 is 1.67 bits per heavy atom. The molecule has 0 radical (unpaired) electrons. The van der Waals surface area contributed by atoms with Crippen LogP contribution in [0.2, 0.25) is 0 Å². The first-order valence-corrected chi connectivity index (χ1v) is 2.67. The fourth-order valence-electron chi connectivity index (χ4n) is 0.267. The number of aliphatic hydroxyl groups is 1. The van der Waals surface area contributed by atoms with Crippen LogP contribution in [0, 0.1) is 11.3 Å². The summed E-state index contributed by atoms with van der Waals surface area (Å²) in [6, 6.07) is 1.69. The molecule has 0 aromatic heterocycles. The molecule has 0 spiro atoms. The highest BCUT2D eigenvalue weighted by Gasteiger charge is 2.26. The van der Waals surface area contributed by atoms with Gasteiger partial charge in [0.1, 0.15) is 5.60 Å². The standard InChI is InChI=1S/C6H11NO2/c1-6(2,9-3)5(8)4-7/h5,8H,1-3H3. The molecular formula is C6H11NO2. The summed E-state index contributed by atoms with van der Waals surface area (Å²) in [5.41, 5.74) is -0.755. The normalized spacial score (nSPS) is 14.6. The molecule has 0 rings (SSSR count). The van der Waals surface area contributed by atoms with Crippen molar-refractivity contribution in [2.75, 3.05) is 7.11 Å². The molecule has 9 heavy (non-hydrogen) atoms. The van der Waals surface area contributed by atoms with Crippen LogP contribution >= 0.6 is 0 Å². The second-order valence-electron chi connectivity index (χ2n) is 2.34. The van der Waals surface area contributed by atoms with Crippen molar-refractivity contribution in [2.45, 2.75) is 25.6 Å². The van der Waals surface area contributed by atoms with Crippen LogP contribution in [0.3, 0.4) is 0 Å². The Hall–Kier alpha value is -0.590. The predicted octanol–water partition coefficient (Wildman–Crippen LogP) is 0.296. The van der Waals surface area contributed by atoms with E-state index in [2.05, 4.69) is 0 Å². The molecule has 1 unspecified atom stereocenters. The van der Waals surface area contributed by atoms with E-state index in [1.54, 1.807) is 19.9 Å². The second kappa shape index (κ2) is 2.81. The van der Waals surface area contributed by atoms with Crippen molar-refractivity contribution in [1.29, 1.82) is 5.26 Å². The SMILES string of the molecule is COC(C)(C)C(O)C#N. The van der Waals surface area contributed by atoms with Crippen molar-refractivity contribution >= 4 is 0 Å². The fourth-order valence-corrected chi connectivity index (χ4v) is 0.267. The van der Waals surface area contributed by atoms with Crippen molar-refractivity contribution in [2.24, 2.45) is 0 Å². The third kappa shape index (κ3) is 2.00. The monoisotopic (exact) mass is 129 g/mol. The largest absolute Gasteiger partial charge is 0.375 e. The Morgan fingerprint density at radius 3 is 2.22 bits per heavy atom. The maximum atomic E-state index is 8.90. The molecule has 0 aliphatic heterocycles. The zero-order valence-electron chi connectivity index (χ0n) is 5.88. The summed E-state index contributed by atoms with van der Waals surface area (Å²) in [7, 11) is 1.46. The van der Waals surface area contributed by atoms with Crippen LogP contribution in [0.1, 0.15) is 13.8 Å². The molecule has 0 aliphatic rings. The summed E-state index contributed by atoms with van der Waals surface area (Å²) >= 11 is 0. The zero-order valence-corrected chi connectivity index (χ0v) is 5.88. The number of rotatable bonds is 2. The van der Waals surface area contributed by atoms with Gasteiger partial charge in [0.05, 0.1) is 6.07 Å². The highest BCUT2D eigenvalue weighted by molar-refractivity contribution is 4.94. The molecule has 0 amide bonds. The Kier molecular flexibility index (Phi) is 2.63. The van der Waals surface area contributed by atoms with Gasteiger partial charge in [-0.3, -0.25) is 0 Å². The molecule has 0 aromatic rings. The summed E-state index contributed by atoms with van der Waals surface area (Å²) in [4.78, 5) is 0. The van der Waals surface area contributed by atoms with Gasteiger partial charge in [-0.2, -0.15) is 5.26 Å². The van der Waals surface area contributed by atoms with E-state index >= 15 is 0 Å². The summed E-state index contributed by atoms with van der Waals surface area (Å²) < 4.78 is 4.82. The first-order chi connectivity index (χ1) is 4.04. The lowest BCUT2D eigenvalue weighted by molar-refractivity contribution is -0.0530. The Labute approximate surface area is 54.9 Å². The third-order valence-corrected chi connectivity index (χ3v) is 1.31. The lowest BCUT2D eigenvalue weighted by atomic mass is 10.0. The molecule has 0 bridgehead atoms. The van der Waals surface area contributed by atoms with Crippen LogP contribution in [-0.4, -0.2) is 23.9 Å². The molecule has 0 saturated carbocycles. The molecule has 3 heteroatoms. The summed E-state index contributed by atoms with van der Waals surface area (Å²) in [5, 5.41) is 17.1. The highest BCUT2D eigenvalue weighted by atomic mass is 16.5. The predicted molar refractivity (Wildman–Crippen MR) is 32.7 cm³/mol. The number of hydrogen-bond donors (Lipinski definition) is 1. The van der Waals surface area contributed by atoms with E-state index in [-0.39, 0.29) is 0 Å². The molecule has 1 N–H and O–H groups in total. The van der Waals surface area contributed by atoms with Crippen molar-refractivity contribution in [3.8, 4) is 6.07 Å². The average Bonchev–Trinajstić information content (AvgIpc) is 1.86. The molecular weight excluding hydrogens is 118 g/mol. The van der Waals surface area contributed by atoms with E-state index in [0.717, 1.165) is 0 Å². The third-order valence-electron chi connectivity index (χ3n) is 1.31. The van der Waals surface area contributed by atoms with Crippen LogP contribution in [0.5, 0.6) is 0 Å². The van der Waals surface area contributed by atoms with Crippen molar-refractivity contribution in [3.63, 3.8) is 0 Å². The van der Waals surface area contributed by atoms with Crippen molar-refractivity contribution in [1.82, 2.24) is 0 Å². The van der Waals surface area contributed by atoms with Crippen LogP contribution in [0.15, 0.2) is 0 Å². The molecule has 0 aliphatic carbocycles. The number of hydrogen-bond acceptors (Lipinski definition) is 3. The van der Waals surface area contributed by atoms with Gasteiger partial charge < -0.3 is 9.84 Å². The maximum absolute atomic E-state index is 8.90. The van der Waals surface area contributed by atoms with Gasteiger partial charge in [0.25, 0.3) is 0 Å². The first kappa shape index (κ1) is 8.41. The first-order valence-electron chi connectivity index (χ1n) is 2.67. The topological polar surface area (TPSA) is 53.2 Å². The van der Waals surface area contributed by atoms with Crippen LogP contribution in [0.4, 0.5) is 0 Å². The van der Waals surface area contributed by atoms with Gasteiger partial charge in [0, 0.05) is 7.11 Å². The molecule has 0 saturated heterocycles. The van der Waals surface area contributed by atoms with E-state index in [4.69, 9.17) is 15.1 Å². The van der Waals surface area contributed by atoms with Crippen LogP contribution < -0.4 is 0 Å². The second-order valence-corrected chi connectivity index (χ2v) is 2.34. The number of nitriles is 1. The Balaban J connectivity index is 4.01. The summed E-state index contributed by atoms with van der Waals surface area (Å²) in [5.74, 6) is 0. The quantitative estimate of drug-likeness (QED) is 0.545. The van der Waals surface area contributed by atoms with Gasteiger partial charge in [-0.15, -0.1) is 0 Å². The molecule has 0 heterocycles. The van der Waals surface area contributed by atoms with Gasteiger partial charge in [0.15, 0.2) is 6.10 Å². The highest BCUT2D eigenvalue weighted by Crippen LogP contribution is 2.11. The van der Waals surface area contributed by atoms with Gasteiger partial charge >= 0.3 is 0 Å². The lowest BCUT2D eigenvalue weighted by Crippen LogP contribution is -2.36. The van der Waals surface area contributed by atoms with E-state index in [1.165, 1.54) is 7.11 Å². The van der Waals surface area contributed by atoms with E-state index < -0.39 is 11.7 Å². The fraction of sp³-hybridized carbons (Fsp3) is 0.833. The molecule has 1 atom stereocenters. The van der Waals surface area contributed by atoms with Gasteiger partial charge in [-0.1, -0.05) is 0 Å². The molecule has 52 valence electrons. The number of ether oxygens (including phenoxy) is 1. The average molecular weight is 129 g/mol. The lowest BCUT2D eigenvalue weighted by Gasteiger charge is -2.23. The van der Waals surface area contributed by atoms with Crippen molar-refractivity contribution in [3.05, 3.63) is 0 Å². The number of aliphatic hydroxyl groups excluding tert-OH is 1. The Bertz CT molecular complexity index is 126. The van der Waals surface area contributed by atoms with Gasteiger partial charge in [-0.05, 0) is 13.8 Å². The molecule has 0 aromatic carbocycles. The maximum Gasteiger partial charge on any atom is 0.168 e. The summed E-state index contributed by atoms with van der Waals surface area (Å²) in [6.07, 6.45) is -1.05. The molecule has 0 fully saturated rings. The van der Waals surface area contributed by atoms with Crippen molar-refractivity contribution < 1.29 is 9.84 Å². The van der Waals surface area contributed by atoms with Gasteiger partial charge in [-0.25, -0.2) is 0 Å². The van der Waals surface area contributed by atoms with E-state index in [1.807, 2.05) is 0 Å². The van der Waals surface area contributed by atoms with Crippen LogP contribution in [0.25, 0.3) is 0 Å². The molecule has 3 nitrogen and oxygen atoms in total. The number of nitrogens with zero attached hydrogens (tertiary/aromatic N) is 1. The minimum Gasteiger partial charge on any atom is -0.375 e. The summed E-state index contributed by atoms with van der Waals surface area (Å²) in [6.45, 7) is 3.31. The smallest absolute Gasteiger partial charge is 0.168 e. The zero-order chi connectivity index (χ0) is 7.49. The minimum atomic E-state index is -1.05. The Morgan fingerprint density at radius 2 is 2.11 bits per heavy atom. The van der Waals surface area contributed by atoms with E-state index in [0.29, 0.717) is 0 Å². The van der Waals surface area contributed by atoms with Crippen LogP contribution in [-0.2, 0) is 4.74 Å². The van der Waals surface area contributed by atoms with E-state index in [9.17, 15) is 0 Å². The number of methoxy groups -OCH3 is 1. The minimum absolute atomic E-state index is 0.755.